The molecular formula is C32H38F2N4O6. The lowest BCUT2D eigenvalue weighted by atomic mass is 9.94. The number of hydrogen-bond donors (Lipinski definition) is 3. The van der Waals surface area contributed by atoms with Gasteiger partial charge in [0.25, 0.3) is 0 Å². The largest absolute Gasteiger partial charge is 0.462 e. The molecular weight excluding hydrogens is 574 g/mol. The van der Waals surface area contributed by atoms with E-state index in [4.69, 9.17) is 4.74 Å². The summed E-state index contributed by atoms with van der Waals surface area (Å²) < 4.78 is 32.8. The number of hydrogen-bond acceptors (Lipinski definition) is 6. The van der Waals surface area contributed by atoms with Crippen molar-refractivity contribution in [2.75, 3.05) is 13.2 Å². The van der Waals surface area contributed by atoms with Gasteiger partial charge in [0.1, 0.15) is 23.7 Å². The topological polar surface area (TPSA) is 134 Å². The summed E-state index contributed by atoms with van der Waals surface area (Å²) in [5.41, 5.74) is -0.730. The summed E-state index contributed by atoms with van der Waals surface area (Å²) >= 11 is 0. The second kappa shape index (κ2) is 14.4. The molecule has 0 aromatic heterocycles. The third-order valence-electron chi connectivity index (χ3n) is 8.24. The van der Waals surface area contributed by atoms with E-state index < -0.39 is 64.9 Å². The van der Waals surface area contributed by atoms with Crippen molar-refractivity contribution >= 4 is 29.6 Å². The summed E-state index contributed by atoms with van der Waals surface area (Å²) in [6, 6.07) is 8.75. The zero-order chi connectivity index (χ0) is 31.9. The quantitative estimate of drug-likeness (QED) is 0.295. The Balaban J connectivity index is 1.49. The number of unbranched alkanes of at least 4 members (excludes halogenated alkanes) is 1. The fourth-order valence-electron chi connectivity index (χ4n) is 5.40. The molecule has 0 saturated carbocycles. The van der Waals surface area contributed by atoms with E-state index in [1.54, 1.807) is 37.3 Å². The summed E-state index contributed by atoms with van der Waals surface area (Å²) in [7, 11) is 0. The van der Waals surface area contributed by atoms with Crippen LogP contribution >= 0.6 is 0 Å². The van der Waals surface area contributed by atoms with Crippen molar-refractivity contribution in [3.63, 3.8) is 0 Å². The molecule has 1 unspecified atom stereocenters. The molecule has 12 heteroatoms. The van der Waals surface area contributed by atoms with Gasteiger partial charge in [-0.2, -0.15) is 0 Å². The van der Waals surface area contributed by atoms with Gasteiger partial charge in [-0.15, -0.1) is 0 Å². The van der Waals surface area contributed by atoms with Crippen LogP contribution in [0.5, 0.6) is 0 Å². The second-order valence-corrected chi connectivity index (χ2v) is 11.4. The second-order valence-electron chi connectivity index (χ2n) is 11.4. The van der Waals surface area contributed by atoms with Gasteiger partial charge in [-0.3, -0.25) is 19.2 Å². The van der Waals surface area contributed by atoms with Crippen LogP contribution in [-0.2, 0) is 30.3 Å². The SMILES string of the molecule is CC[C@]1(C)NC(=O)[C@H](CCCCOC(=O)c2ccccc2)NC(=O)[C@H]2CCCN2C(=O)C(Cc2ccc(F)c(F)c2)NC1=O. The van der Waals surface area contributed by atoms with Crippen molar-refractivity contribution in [2.24, 2.45) is 0 Å². The fraction of sp³-hybridized carbons (Fsp3) is 0.469. The standard InChI is InChI=1S/C32H38F2N4O6/c1-3-32(2)31(43)36-25(19-20-14-15-22(33)23(34)18-20)29(41)38-16-9-13-26(38)28(40)35-24(27(39)37-32)12-7-8-17-44-30(42)21-10-5-4-6-11-21/h4-6,10-11,14-15,18,24-26H,3,7-9,12-13,16-17,19H2,1-2H3,(H,35,40)(H,36,43)(H,37,39)/t24-,25?,26+,32-/m0/s1. The van der Waals surface area contributed by atoms with Crippen LogP contribution in [0.3, 0.4) is 0 Å². The molecule has 2 saturated heterocycles. The average Bonchev–Trinajstić information content (AvgIpc) is 3.51. The molecule has 4 amide bonds. The fourth-order valence-corrected chi connectivity index (χ4v) is 5.40. The molecule has 3 N–H and O–H groups in total. The number of carbonyl (C=O) groups is 5. The number of benzene rings is 2. The van der Waals surface area contributed by atoms with E-state index in [0.29, 0.717) is 31.2 Å². The van der Waals surface area contributed by atoms with Gasteiger partial charge < -0.3 is 25.6 Å². The van der Waals surface area contributed by atoms with E-state index in [2.05, 4.69) is 16.0 Å². The first-order valence-electron chi connectivity index (χ1n) is 14.9. The summed E-state index contributed by atoms with van der Waals surface area (Å²) in [6.07, 6.45) is 1.99. The van der Waals surface area contributed by atoms with Crippen molar-refractivity contribution in [3.8, 4) is 0 Å². The van der Waals surface area contributed by atoms with Crippen LogP contribution in [0, 0.1) is 11.6 Å². The molecule has 0 bridgehead atoms. The summed E-state index contributed by atoms with van der Waals surface area (Å²) in [4.78, 5) is 67.9. The van der Waals surface area contributed by atoms with Crippen molar-refractivity contribution in [2.45, 2.75) is 82.5 Å². The van der Waals surface area contributed by atoms with Gasteiger partial charge in [-0.25, -0.2) is 13.6 Å². The number of fused-ring (bicyclic) bond motifs is 1. The first-order chi connectivity index (χ1) is 21.0. The Bertz CT molecular complexity index is 1390. The highest BCUT2D eigenvalue weighted by molar-refractivity contribution is 5.99. The summed E-state index contributed by atoms with van der Waals surface area (Å²) in [5, 5.41) is 8.25. The minimum absolute atomic E-state index is 0.120. The first-order valence-corrected chi connectivity index (χ1v) is 14.9. The van der Waals surface area contributed by atoms with E-state index in [-0.39, 0.29) is 38.0 Å². The van der Waals surface area contributed by atoms with Gasteiger partial charge in [0.15, 0.2) is 11.6 Å². The Morgan fingerprint density at radius 2 is 1.73 bits per heavy atom. The Morgan fingerprint density at radius 3 is 2.43 bits per heavy atom. The molecule has 2 heterocycles. The molecule has 4 atom stereocenters. The molecule has 4 rings (SSSR count). The molecule has 2 aromatic rings. The number of ether oxygens (including phenoxy) is 1. The predicted molar refractivity (Wildman–Crippen MR) is 156 cm³/mol. The zero-order valence-corrected chi connectivity index (χ0v) is 24.9. The van der Waals surface area contributed by atoms with Gasteiger partial charge in [0.05, 0.1) is 12.2 Å². The summed E-state index contributed by atoms with van der Waals surface area (Å²) in [6.45, 7) is 3.60. The average molecular weight is 613 g/mol. The van der Waals surface area contributed by atoms with Crippen LogP contribution in [0.2, 0.25) is 0 Å². The molecule has 0 aliphatic carbocycles. The number of halogens is 2. The van der Waals surface area contributed by atoms with E-state index in [1.807, 2.05) is 0 Å². The van der Waals surface area contributed by atoms with Gasteiger partial charge in [0.2, 0.25) is 23.6 Å². The third-order valence-corrected chi connectivity index (χ3v) is 8.24. The van der Waals surface area contributed by atoms with Gasteiger partial charge >= 0.3 is 5.97 Å². The zero-order valence-electron chi connectivity index (χ0n) is 24.9. The Hall–Kier alpha value is -4.35. The maximum atomic E-state index is 14.0. The van der Waals surface area contributed by atoms with Gasteiger partial charge in [-0.1, -0.05) is 31.2 Å². The smallest absolute Gasteiger partial charge is 0.338 e. The number of rotatable bonds is 9. The van der Waals surface area contributed by atoms with Crippen LogP contribution in [-0.4, -0.2) is 71.3 Å². The summed E-state index contributed by atoms with van der Waals surface area (Å²) in [5.74, 6) is -4.79. The number of carbonyl (C=O) groups excluding carboxylic acids is 5. The lowest BCUT2D eigenvalue weighted by molar-refractivity contribution is -0.144. The molecule has 2 fully saturated rings. The lowest BCUT2D eigenvalue weighted by Gasteiger charge is -2.36. The molecule has 2 aliphatic rings. The molecule has 236 valence electrons. The molecule has 0 radical (unpaired) electrons. The van der Waals surface area contributed by atoms with Crippen LogP contribution in [0.25, 0.3) is 0 Å². The number of amides is 4. The van der Waals surface area contributed by atoms with Crippen molar-refractivity contribution in [3.05, 3.63) is 71.3 Å². The predicted octanol–water partition coefficient (Wildman–Crippen LogP) is 2.79. The Kier molecular flexibility index (Phi) is 10.7. The van der Waals surface area contributed by atoms with Crippen LogP contribution in [0.4, 0.5) is 8.78 Å². The highest BCUT2D eigenvalue weighted by Crippen LogP contribution is 2.22. The van der Waals surface area contributed by atoms with Crippen molar-refractivity contribution < 1.29 is 37.5 Å². The van der Waals surface area contributed by atoms with Crippen LogP contribution in [0.1, 0.15) is 68.3 Å². The molecule has 44 heavy (non-hydrogen) atoms. The van der Waals surface area contributed by atoms with E-state index in [9.17, 15) is 32.8 Å². The van der Waals surface area contributed by atoms with Crippen LogP contribution in [0.15, 0.2) is 48.5 Å². The van der Waals surface area contributed by atoms with Gasteiger partial charge in [0, 0.05) is 13.0 Å². The van der Waals surface area contributed by atoms with Crippen molar-refractivity contribution in [1.82, 2.24) is 20.9 Å². The maximum absolute atomic E-state index is 14.0. The number of nitrogens with one attached hydrogen (secondary N) is 3. The number of nitrogens with zero attached hydrogens (tertiary/aromatic N) is 1. The highest BCUT2D eigenvalue weighted by atomic mass is 19.2. The Morgan fingerprint density at radius 1 is 0.977 bits per heavy atom. The minimum Gasteiger partial charge on any atom is -0.462 e. The first kappa shape index (κ1) is 32.6. The van der Waals surface area contributed by atoms with Crippen molar-refractivity contribution in [1.29, 1.82) is 0 Å². The highest BCUT2D eigenvalue weighted by Gasteiger charge is 2.43. The molecule has 10 nitrogen and oxygen atoms in total. The lowest BCUT2D eigenvalue weighted by Crippen LogP contribution is -2.65. The third kappa shape index (κ3) is 7.78. The normalized spacial score (nSPS) is 24.4. The number of esters is 1. The molecule has 0 spiro atoms. The Labute approximate surface area is 254 Å². The monoisotopic (exact) mass is 612 g/mol. The van der Waals surface area contributed by atoms with E-state index in [1.165, 1.54) is 17.9 Å². The van der Waals surface area contributed by atoms with E-state index >= 15 is 0 Å². The molecule has 2 aliphatic heterocycles. The minimum atomic E-state index is -1.44. The van der Waals surface area contributed by atoms with Gasteiger partial charge in [-0.05, 0) is 75.3 Å². The van der Waals surface area contributed by atoms with E-state index in [0.717, 1.165) is 12.1 Å². The van der Waals surface area contributed by atoms with Crippen LogP contribution < -0.4 is 16.0 Å². The molecule has 2 aromatic carbocycles. The maximum Gasteiger partial charge on any atom is 0.338 e.